The molecule has 1 atom stereocenters. The van der Waals surface area contributed by atoms with Gasteiger partial charge in [0.15, 0.2) is 0 Å². The van der Waals surface area contributed by atoms with Gasteiger partial charge in [0.1, 0.15) is 18.4 Å². The van der Waals surface area contributed by atoms with Crippen LogP contribution in [0.2, 0.25) is 0 Å². The van der Waals surface area contributed by atoms with Gasteiger partial charge in [-0.15, -0.1) is 0 Å². The maximum Gasteiger partial charge on any atom is 0.264 e. The zero-order valence-corrected chi connectivity index (χ0v) is 23.2. The van der Waals surface area contributed by atoms with Gasteiger partial charge in [-0.05, 0) is 81.6 Å². The van der Waals surface area contributed by atoms with E-state index in [1.807, 2.05) is 19.9 Å². The second kappa shape index (κ2) is 12.2. The van der Waals surface area contributed by atoms with E-state index in [4.69, 9.17) is 0 Å². The van der Waals surface area contributed by atoms with Crippen molar-refractivity contribution < 1.29 is 22.4 Å². The number of hydrogen-bond acceptors (Lipinski definition) is 4. The van der Waals surface area contributed by atoms with Crippen molar-refractivity contribution in [3.63, 3.8) is 0 Å². The number of hydrogen-bond donors (Lipinski definition) is 1. The van der Waals surface area contributed by atoms with Gasteiger partial charge in [-0.1, -0.05) is 42.0 Å². The molecule has 0 aliphatic rings. The summed E-state index contributed by atoms with van der Waals surface area (Å²) < 4.78 is 42.4. The van der Waals surface area contributed by atoms with Crippen molar-refractivity contribution in [1.29, 1.82) is 0 Å². The van der Waals surface area contributed by atoms with E-state index in [1.54, 1.807) is 45.0 Å². The first-order valence-electron chi connectivity index (χ1n) is 12.4. The summed E-state index contributed by atoms with van der Waals surface area (Å²) in [6.07, 6.45) is 0. The van der Waals surface area contributed by atoms with Crippen LogP contribution in [0.15, 0.2) is 71.6 Å². The van der Waals surface area contributed by atoms with Gasteiger partial charge in [-0.3, -0.25) is 13.9 Å². The molecule has 9 heteroatoms. The van der Waals surface area contributed by atoms with Crippen LogP contribution in [-0.2, 0) is 26.2 Å². The smallest absolute Gasteiger partial charge is 0.264 e. The fourth-order valence-corrected chi connectivity index (χ4v) is 5.50. The van der Waals surface area contributed by atoms with E-state index in [1.165, 1.54) is 41.3 Å². The first-order valence-corrected chi connectivity index (χ1v) is 13.9. The van der Waals surface area contributed by atoms with Crippen LogP contribution in [0.5, 0.6) is 0 Å². The fraction of sp³-hybridized carbons (Fsp3) is 0.310. The van der Waals surface area contributed by atoms with E-state index in [-0.39, 0.29) is 17.3 Å². The number of nitrogens with zero attached hydrogens (tertiary/aromatic N) is 2. The minimum atomic E-state index is -4.14. The Hall–Kier alpha value is -3.72. The Balaban J connectivity index is 2.07. The van der Waals surface area contributed by atoms with E-state index >= 15 is 0 Å². The lowest BCUT2D eigenvalue weighted by atomic mass is 10.1. The number of anilines is 1. The van der Waals surface area contributed by atoms with Gasteiger partial charge in [0.25, 0.3) is 10.0 Å². The summed E-state index contributed by atoms with van der Waals surface area (Å²) >= 11 is 0. The predicted octanol–water partition coefficient (Wildman–Crippen LogP) is 4.50. The number of amides is 2. The summed E-state index contributed by atoms with van der Waals surface area (Å²) in [4.78, 5) is 28.0. The number of aryl methyl sites for hydroxylation is 3. The Labute approximate surface area is 224 Å². The summed E-state index contributed by atoms with van der Waals surface area (Å²) in [7, 11) is -4.14. The van der Waals surface area contributed by atoms with Gasteiger partial charge in [-0.25, -0.2) is 12.8 Å². The summed E-state index contributed by atoms with van der Waals surface area (Å²) in [5.41, 5.74) is 3.41. The Morgan fingerprint density at radius 1 is 0.921 bits per heavy atom. The Kier molecular flexibility index (Phi) is 9.27. The highest BCUT2D eigenvalue weighted by Gasteiger charge is 2.33. The molecule has 0 saturated heterocycles. The van der Waals surface area contributed by atoms with Crippen molar-refractivity contribution in [2.45, 2.75) is 52.1 Å². The molecule has 3 rings (SSSR count). The molecule has 0 aromatic heterocycles. The van der Waals surface area contributed by atoms with Gasteiger partial charge >= 0.3 is 0 Å². The predicted molar refractivity (Wildman–Crippen MR) is 147 cm³/mol. The molecule has 3 aromatic rings. The first-order chi connectivity index (χ1) is 17.9. The number of nitrogens with one attached hydrogen (secondary N) is 1. The molecule has 0 bridgehead atoms. The van der Waals surface area contributed by atoms with Crippen molar-refractivity contribution in [1.82, 2.24) is 10.2 Å². The number of rotatable bonds is 10. The minimum Gasteiger partial charge on any atom is -0.355 e. The molecule has 0 fully saturated rings. The molecule has 0 aliphatic carbocycles. The van der Waals surface area contributed by atoms with Crippen LogP contribution < -0.4 is 9.62 Å². The average Bonchev–Trinajstić information content (AvgIpc) is 2.88. The van der Waals surface area contributed by atoms with E-state index in [2.05, 4.69) is 5.32 Å². The molecule has 2 amide bonds. The lowest BCUT2D eigenvalue weighted by Crippen LogP contribution is -2.51. The van der Waals surface area contributed by atoms with Crippen LogP contribution in [0.1, 0.15) is 36.1 Å². The minimum absolute atomic E-state index is 0.00261. The highest BCUT2D eigenvalue weighted by atomic mass is 32.2. The molecule has 3 aromatic carbocycles. The maximum atomic E-state index is 13.9. The van der Waals surface area contributed by atoms with Gasteiger partial charge < -0.3 is 10.2 Å². The quantitative estimate of drug-likeness (QED) is 0.411. The highest BCUT2D eigenvalue weighted by molar-refractivity contribution is 7.92. The van der Waals surface area contributed by atoms with E-state index < -0.39 is 34.3 Å². The maximum absolute atomic E-state index is 13.9. The fourth-order valence-electron chi connectivity index (χ4n) is 4.03. The number of carbonyl (C=O) groups is 2. The second-order valence-electron chi connectivity index (χ2n) is 9.33. The molecule has 38 heavy (non-hydrogen) atoms. The Morgan fingerprint density at radius 2 is 1.53 bits per heavy atom. The highest BCUT2D eigenvalue weighted by Crippen LogP contribution is 2.28. The van der Waals surface area contributed by atoms with Crippen molar-refractivity contribution in [3.8, 4) is 0 Å². The van der Waals surface area contributed by atoms with Crippen LogP contribution in [0.4, 0.5) is 10.1 Å². The van der Waals surface area contributed by atoms with Crippen molar-refractivity contribution in [3.05, 3.63) is 94.8 Å². The Morgan fingerprint density at radius 3 is 2.13 bits per heavy atom. The normalized spacial score (nSPS) is 12.1. The third-order valence-corrected chi connectivity index (χ3v) is 8.08. The summed E-state index contributed by atoms with van der Waals surface area (Å²) in [5, 5.41) is 2.71. The van der Waals surface area contributed by atoms with Crippen LogP contribution in [-0.4, -0.2) is 44.3 Å². The molecular formula is C29H34FN3O4S. The van der Waals surface area contributed by atoms with Crippen LogP contribution in [0, 0.1) is 26.6 Å². The summed E-state index contributed by atoms with van der Waals surface area (Å²) in [5.74, 6) is -1.36. The first kappa shape index (κ1) is 28.8. The van der Waals surface area contributed by atoms with Crippen LogP contribution in [0.25, 0.3) is 0 Å². The number of sulfonamides is 1. The zero-order chi connectivity index (χ0) is 28.0. The molecule has 0 saturated carbocycles. The number of carbonyl (C=O) groups excluding carboxylic acids is 2. The number of halogens is 1. The average molecular weight is 540 g/mol. The monoisotopic (exact) mass is 539 g/mol. The van der Waals surface area contributed by atoms with Gasteiger partial charge in [0.2, 0.25) is 11.8 Å². The third kappa shape index (κ3) is 6.77. The van der Waals surface area contributed by atoms with Crippen LogP contribution in [0.3, 0.4) is 0 Å². The molecule has 7 nitrogen and oxygen atoms in total. The SMILES string of the molecule is CCNC(=O)[C@@H](C)N(Cc1ccc(F)cc1)C(=O)CN(c1cc(C)ccc1C)S(=O)(=O)c1ccc(C)cc1. The van der Waals surface area contributed by atoms with Crippen molar-refractivity contribution in [2.24, 2.45) is 0 Å². The van der Waals surface area contributed by atoms with E-state index in [0.717, 1.165) is 15.4 Å². The molecule has 202 valence electrons. The topological polar surface area (TPSA) is 86.8 Å². The summed E-state index contributed by atoms with van der Waals surface area (Å²) in [6.45, 7) is 8.70. The number of benzene rings is 3. The van der Waals surface area contributed by atoms with E-state index in [9.17, 15) is 22.4 Å². The van der Waals surface area contributed by atoms with Crippen molar-refractivity contribution in [2.75, 3.05) is 17.4 Å². The molecule has 0 aliphatic heterocycles. The molecule has 0 radical (unpaired) electrons. The lowest BCUT2D eigenvalue weighted by molar-refractivity contribution is -0.139. The zero-order valence-electron chi connectivity index (χ0n) is 22.4. The number of likely N-dealkylation sites (N-methyl/N-ethyl adjacent to an activating group) is 1. The molecule has 0 spiro atoms. The van der Waals surface area contributed by atoms with Gasteiger partial charge in [0.05, 0.1) is 10.6 Å². The second-order valence-corrected chi connectivity index (χ2v) is 11.2. The summed E-state index contributed by atoms with van der Waals surface area (Å²) in [6, 6.07) is 16.6. The third-order valence-electron chi connectivity index (χ3n) is 6.31. The molecule has 0 heterocycles. The van der Waals surface area contributed by atoms with Gasteiger partial charge in [-0.2, -0.15) is 0 Å². The van der Waals surface area contributed by atoms with Crippen LogP contribution >= 0.6 is 0 Å². The molecular weight excluding hydrogens is 505 g/mol. The molecule has 1 N–H and O–H groups in total. The van der Waals surface area contributed by atoms with Gasteiger partial charge in [0, 0.05) is 13.1 Å². The lowest BCUT2D eigenvalue weighted by Gasteiger charge is -2.32. The van der Waals surface area contributed by atoms with E-state index in [0.29, 0.717) is 23.4 Å². The largest absolute Gasteiger partial charge is 0.355 e. The Bertz CT molecular complexity index is 1390. The van der Waals surface area contributed by atoms with Crippen molar-refractivity contribution >= 4 is 27.5 Å². The standard InChI is InChI=1S/C29H34FN3O4S/c1-6-31-29(35)23(5)32(18-24-11-13-25(30)14-12-24)28(34)19-33(27-17-21(3)7-10-22(27)4)38(36,37)26-15-8-20(2)9-16-26/h7-17,23H,6,18-19H2,1-5H3,(H,31,35)/t23-/m1/s1. The molecule has 0 unspecified atom stereocenters.